The summed E-state index contributed by atoms with van der Waals surface area (Å²) < 4.78 is 0. The van der Waals surface area contributed by atoms with E-state index in [0.29, 0.717) is 0 Å². The molecule has 0 bridgehead atoms. The Morgan fingerprint density at radius 2 is 1.65 bits per heavy atom. The van der Waals surface area contributed by atoms with Crippen LogP contribution in [-0.4, -0.2) is 11.5 Å². The minimum atomic E-state index is 0.250. The molecule has 3 aromatic carbocycles. The van der Waals surface area contributed by atoms with Crippen LogP contribution in [0.3, 0.4) is 0 Å². The number of fused-ring (bicyclic) bond motifs is 6. The van der Waals surface area contributed by atoms with E-state index in [9.17, 15) is 0 Å². The highest BCUT2D eigenvalue weighted by Crippen LogP contribution is 2.39. The van der Waals surface area contributed by atoms with Crippen molar-refractivity contribution >= 4 is 10.9 Å². The number of aromatic nitrogens is 1. The van der Waals surface area contributed by atoms with Crippen LogP contribution in [-0.2, 0) is 12.8 Å². The van der Waals surface area contributed by atoms with Gasteiger partial charge in [-0.1, -0.05) is 60.7 Å². The minimum Gasteiger partial charge on any atom is -0.357 e. The molecule has 4 aromatic rings. The van der Waals surface area contributed by atoms with Crippen molar-refractivity contribution in [2.75, 3.05) is 6.54 Å². The van der Waals surface area contributed by atoms with Crippen molar-refractivity contribution in [3.63, 3.8) is 0 Å². The molecule has 0 spiro atoms. The minimum absolute atomic E-state index is 0.250. The monoisotopic (exact) mass is 336 g/mol. The first-order valence-corrected chi connectivity index (χ1v) is 9.42. The largest absolute Gasteiger partial charge is 0.357 e. The fourth-order valence-electron chi connectivity index (χ4n) is 4.81. The SMILES string of the molecule is c1ccc2c(c1)Cc1cc(C3NCCc4c3[nH]c3ccccc43)ccc1-2. The van der Waals surface area contributed by atoms with E-state index in [0.717, 1.165) is 19.4 Å². The van der Waals surface area contributed by atoms with Gasteiger partial charge in [-0.3, -0.25) is 0 Å². The predicted octanol–water partition coefficient (Wildman–Crippen LogP) is 4.97. The van der Waals surface area contributed by atoms with E-state index in [4.69, 9.17) is 0 Å². The number of benzene rings is 3. The summed E-state index contributed by atoms with van der Waals surface area (Å²) >= 11 is 0. The van der Waals surface area contributed by atoms with Crippen LogP contribution in [0, 0.1) is 0 Å². The van der Waals surface area contributed by atoms with E-state index in [2.05, 4.69) is 77.0 Å². The Hall–Kier alpha value is -2.84. The molecule has 1 unspecified atom stereocenters. The number of para-hydroxylation sites is 1. The van der Waals surface area contributed by atoms with E-state index >= 15 is 0 Å². The molecule has 1 aromatic heterocycles. The van der Waals surface area contributed by atoms with Gasteiger partial charge in [-0.15, -0.1) is 0 Å². The van der Waals surface area contributed by atoms with Gasteiger partial charge in [0, 0.05) is 23.1 Å². The summed E-state index contributed by atoms with van der Waals surface area (Å²) in [6.45, 7) is 1.02. The first-order valence-electron chi connectivity index (χ1n) is 9.42. The second-order valence-electron chi connectivity index (χ2n) is 7.45. The fourth-order valence-corrected chi connectivity index (χ4v) is 4.81. The van der Waals surface area contributed by atoms with E-state index in [-0.39, 0.29) is 6.04 Å². The van der Waals surface area contributed by atoms with Crippen LogP contribution >= 0.6 is 0 Å². The van der Waals surface area contributed by atoms with E-state index in [1.165, 1.54) is 50.0 Å². The zero-order valence-electron chi connectivity index (χ0n) is 14.5. The molecule has 2 N–H and O–H groups in total. The molecule has 0 saturated carbocycles. The van der Waals surface area contributed by atoms with Crippen molar-refractivity contribution in [3.05, 3.63) is 94.7 Å². The number of hydrogen-bond donors (Lipinski definition) is 2. The maximum absolute atomic E-state index is 3.73. The van der Waals surface area contributed by atoms with Crippen molar-refractivity contribution in [1.82, 2.24) is 10.3 Å². The molecule has 1 atom stereocenters. The summed E-state index contributed by atoms with van der Waals surface area (Å²) in [7, 11) is 0. The molecular weight excluding hydrogens is 316 g/mol. The highest BCUT2D eigenvalue weighted by atomic mass is 15.0. The lowest BCUT2D eigenvalue weighted by molar-refractivity contribution is 0.560. The van der Waals surface area contributed by atoms with Gasteiger partial charge in [0.2, 0.25) is 0 Å². The van der Waals surface area contributed by atoms with Gasteiger partial charge in [0.25, 0.3) is 0 Å². The van der Waals surface area contributed by atoms with Gasteiger partial charge in [-0.05, 0) is 52.3 Å². The second kappa shape index (κ2) is 5.33. The highest BCUT2D eigenvalue weighted by molar-refractivity contribution is 5.85. The lowest BCUT2D eigenvalue weighted by Crippen LogP contribution is -2.30. The Bertz CT molecular complexity index is 1150. The summed E-state index contributed by atoms with van der Waals surface area (Å²) in [6, 6.07) is 24.7. The smallest absolute Gasteiger partial charge is 0.0732 e. The zero-order chi connectivity index (χ0) is 17.1. The lowest BCUT2D eigenvalue weighted by Gasteiger charge is -2.25. The fraction of sp³-hybridized carbons (Fsp3) is 0.167. The van der Waals surface area contributed by atoms with Gasteiger partial charge < -0.3 is 10.3 Å². The molecule has 1 aliphatic heterocycles. The van der Waals surface area contributed by atoms with Gasteiger partial charge in [0.15, 0.2) is 0 Å². The zero-order valence-corrected chi connectivity index (χ0v) is 14.5. The third kappa shape index (κ3) is 1.96. The normalized spacial score (nSPS) is 17.8. The van der Waals surface area contributed by atoms with Crippen LogP contribution in [0.4, 0.5) is 0 Å². The standard InChI is InChI=1S/C24H20N2/c1-2-6-18-15(5-1)13-17-14-16(9-10-19(17)18)23-24-21(11-12-25-23)20-7-3-4-8-22(20)26-24/h1-10,14,23,25-26H,11-13H2. The average Bonchev–Trinajstić information content (AvgIpc) is 3.25. The van der Waals surface area contributed by atoms with Crippen molar-refractivity contribution in [1.29, 1.82) is 0 Å². The Kier molecular flexibility index (Phi) is 2.94. The molecule has 2 heterocycles. The molecule has 2 heteroatoms. The predicted molar refractivity (Wildman–Crippen MR) is 107 cm³/mol. The molecular formula is C24H20N2. The van der Waals surface area contributed by atoms with E-state index < -0.39 is 0 Å². The number of H-pyrrole nitrogens is 1. The second-order valence-corrected chi connectivity index (χ2v) is 7.45. The van der Waals surface area contributed by atoms with E-state index in [1.54, 1.807) is 0 Å². The van der Waals surface area contributed by atoms with Gasteiger partial charge in [0.1, 0.15) is 0 Å². The van der Waals surface area contributed by atoms with Gasteiger partial charge in [0.05, 0.1) is 6.04 Å². The van der Waals surface area contributed by atoms with Crippen molar-refractivity contribution in [2.24, 2.45) is 0 Å². The molecule has 2 nitrogen and oxygen atoms in total. The van der Waals surface area contributed by atoms with Crippen LogP contribution in [0.5, 0.6) is 0 Å². The maximum Gasteiger partial charge on any atom is 0.0732 e. The van der Waals surface area contributed by atoms with Crippen molar-refractivity contribution in [2.45, 2.75) is 18.9 Å². The van der Waals surface area contributed by atoms with E-state index in [1.807, 2.05) is 0 Å². The highest BCUT2D eigenvalue weighted by Gasteiger charge is 2.26. The Morgan fingerprint density at radius 3 is 2.65 bits per heavy atom. The summed E-state index contributed by atoms with van der Waals surface area (Å²) in [5.41, 5.74) is 11.1. The maximum atomic E-state index is 3.73. The summed E-state index contributed by atoms with van der Waals surface area (Å²) in [5.74, 6) is 0. The first kappa shape index (κ1) is 14.3. The molecule has 2 aliphatic rings. The van der Waals surface area contributed by atoms with Crippen LogP contribution in [0.1, 0.15) is 34.0 Å². The number of rotatable bonds is 1. The molecule has 6 rings (SSSR count). The van der Waals surface area contributed by atoms with Crippen LogP contribution < -0.4 is 5.32 Å². The first-order chi connectivity index (χ1) is 12.9. The molecule has 1 aliphatic carbocycles. The number of hydrogen-bond acceptors (Lipinski definition) is 1. The van der Waals surface area contributed by atoms with Gasteiger partial charge in [-0.25, -0.2) is 0 Å². The molecule has 0 amide bonds. The summed E-state index contributed by atoms with van der Waals surface area (Å²) in [5, 5.41) is 5.11. The Morgan fingerprint density at radius 1 is 0.808 bits per heavy atom. The number of aromatic amines is 1. The van der Waals surface area contributed by atoms with Gasteiger partial charge in [-0.2, -0.15) is 0 Å². The molecule has 26 heavy (non-hydrogen) atoms. The van der Waals surface area contributed by atoms with Crippen molar-refractivity contribution < 1.29 is 0 Å². The Labute approximate surface area is 152 Å². The number of nitrogens with one attached hydrogen (secondary N) is 2. The van der Waals surface area contributed by atoms with Crippen LogP contribution in [0.25, 0.3) is 22.0 Å². The lowest BCUT2D eigenvalue weighted by atomic mass is 9.92. The third-order valence-corrected chi connectivity index (χ3v) is 6.01. The quantitative estimate of drug-likeness (QED) is 0.444. The average molecular weight is 336 g/mol. The third-order valence-electron chi connectivity index (χ3n) is 6.01. The van der Waals surface area contributed by atoms with Crippen LogP contribution in [0.15, 0.2) is 66.7 Å². The van der Waals surface area contributed by atoms with Gasteiger partial charge >= 0.3 is 0 Å². The molecule has 0 radical (unpaired) electrons. The topological polar surface area (TPSA) is 27.8 Å². The molecule has 0 fully saturated rings. The summed E-state index contributed by atoms with van der Waals surface area (Å²) in [6.07, 6.45) is 2.14. The van der Waals surface area contributed by atoms with Crippen LogP contribution in [0.2, 0.25) is 0 Å². The Balaban J connectivity index is 1.47. The molecule has 126 valence electrons. The molecule has 0 saturated heterocycles. The van der Waals surface area contributed by atoms with Crippen molar-refractivity contribution in [3.8, 4) is 11.1 Å². The summed E-state index contributed by atoms with van der Waals surface area (Å²) in [4.78, 5) is 3.69.